The maximum atomic E-state index is 11.3. The molecule has 2 N–H and O–H groups in total. The molecular weight excluding hydrogens is 232 g/mol. The Morgan fingerprint density at radius 1 is 1.62 bits per heavy atom. The van der Waals surface area contributed by atoms with Crippen molar-refractivity contribution in [2.75, 3.05) is 6.61 Å². The molecule has 16 heavy (non-hydrogen) atoms. The van der Waals surface area contributed by atoms with Crippen LogP contribution in [0.1, 0.15) is 13.8 Å². The van der Waals surface area contributed by atoms with Gasteiger partial charge in [0.25, 0.3) is 0 Å². The summed E-state index contributed by atoms with van der Waals surface area (Å²) in [4.78, 5) is 9.28. The minimum absolute atomic E-state index is 0.0640. The van der Waals surface area contributed by atoms with E-state index in [2.05, 4.69) is 5.09 Å². The number of ether oxygens (including phenoxy) is 2. The van der Waals surface area contributed by atoms with Crippen molar-refractivity contribution >= 4 is 15.6 Å². The van der Waals surface area contributed by atoms with E-state index in [1.54, 1.807) is 0 Å². The second-order valence-electron chi connectivity index (χ2n) is 4.27. The van der Waals surface area contributed by atoms with Crippen LogP contribution in [-0.4, -0.2) is 49.7 Å². The van der Waals surface area contributed by atoms with Gasteiger partial charge in [0.15, 0.2) is 0 Å². The number of hydrogen-bond acceptors (Lipinski definition) is 4. The monoisotopic (exact) mass is 247 g/mol. The third-order valence-electron chi connectivity index (χ3n) is 2.58. The Bertz CT molecular complexity index is 315. The van der Waals surface area contributed by atoms with E-state index in [-0.39, 0.29) is 6.10 Å². The van der Waals surface area contributed by atoms with Crippen LogP contribution in [0.4, 0.5) is 0 Å². The third-order valence-corrected chi connectivity index (χ3v) is 3.73. The SMILES string of the molecule is [B][C@@H]1O[C@H](COC(C)C)C2OP(=O)(O)N[C@@H]21. The number of rotatable bonds is 3. The zero-order valence-electron chi connectivity index (χ0n) is 9.20. The highest BCUT2D eigenvalue weighted by Gasteiger charge is 2.53. The first-order chi connectivity index (χ1) is 7.39. The summed E-state index contributed by atoms with van der Waals surface area (Å²) >= 11 is 0. The summed E-state index contributed by atoms with van der Waals surface area (Å²) in [7, 11) is 1.98. The molecule has 2 saturated heterocycles. The first-order valence-electron chi connectivity index (χ1n) is 5.21. The Labute approximate surface area is 95.6 Å². The van der Waals surface area contributed by atoms with Gasteiger partial charge in [-0.25, -0.2) is 9.65 Å². The Balaban J connectivity index is 1.99. The highest BCUT2D eigenvalue weighted by atomic mass is 31.2. The molecule has 2 heterocycles. The summed E-state index contributed by atoms with van der Waals surface area (Å²) in [5.74, 6) is 0. The quantitative estimate of drug-likeness (QED) is 0.529. The summed E-state index contributed by atoms with van der Waals surface area (Å²) in [6, 6.07) is -1.09. The minimum Gasteiger partial charge on any atom is -0.378 e. The molecule has 0 aromatic heterocycles. The molecule has 5 atom stereocenters. The van der Waals surface area contributed by atoms with Crippen LogP contribution in [0.5, 0.6) is 0 Å². The van der Waals surface area contributed by atoms with Crippen LogP contribution < -0.4 is 5.09 Å². The Morgan fingerprint density at radius 2 is 2.31 bits per heavy atom. The Morgan fingerprint density at radius 3 is 2.94 bits per heavy atom. The van der Waals surface area contributed by atoms with Crippen LogP contribution in [0.15, 0.2) is 0 Å². The second kappa shape index (κ2) is 4.40. The van der Waals surface area contributed by atoms with Crippen LogP contribution in [-0.2, 0) is 18.6 Å². The van der Waals surface area contributed by atoms with E-state index in [1.807, 2.05) is 13.8 Å². The van der Waals surface area contributed by atoms with Gasteiger partial charge >= 0.3 is 7.75 Å². The lowest BCUT2D eigenvalue weighted by Crippen LogP contribution is -2.37. The largest absolute Gasteiger partial charge is 0.403 e. The van der Waals surface area contributed by atoms with Crippen molar-refractivity contribution < 1.29 is 23.5 Å². The molecule has 90 valence electrons. The molecule has 2 aliphatic heterocycles. The van der Waals surface area contributed by atoms with Crippen LogP contribution in [0.3, 0.4) is 0 Å². The Kier molecular flexibility index (Phi) is 3.45. The van der Waals surface area contributed by atoms with E-state index in [9.17, 15) is 9.46 Å². The van der Waals surface area contributed by atoms with Crippen LogP contribution in [0, 0.1) is 0 Å². The molecule has 2 radical (unpaired) electrons. The second-order valence-corrected chi connectivity index (χ2v) is 5.78. The molecule has 0 amide bonds. The molecule has 0 bridgehead atoms. The summed E-state index contributed by atoms with van der Waals surface area (Å²) in [5.41, 5.74) is 0. The van der Waals surface area contributed by atoms with Crippen molar-refractivity contribution in [3.05, 3.63) is 0 Å². The molecule has 2 rings (SSSR count). The first kappa shape index (κ1) is 12.5. The topological polar surface area (TPSA) is 77.0 Å². The molecule has 2 aliphatic rings. The fourth-order valence-corrected chi connectivity index (χ4v) is 3.20. The van der Waals surface area contributed by atoms with E-state index in [1.165, 1.54) is 0 Å². The van der Waals surface area contributed by atoms with Gasteiger partial charge in [-0.2, -0.15) is 0 Å². The predicted molar refractivity (Wildman–Crippen MR) is 57.1 cm³/mol. The lowest BCUT2D eigenvalue weighted by molar-refractivity contribution is -0.0424. The van der Waals surface area contributed by atoms with Crippen molar-refractivity contribution in [2.24, 2.45) is 0 Å². The van der Waals surface area contributed by atoms with E-state index in [4.69, 9.17) is 21.8 Å². The molecule has 2 fully saturated rings. The van der Waals surface area contributed by atoms with Gasteiger partial charge in [0, 0.05) is 6.00 Å². The molecule has 2 unspecified atom stereocenters. The van der Waals surface area contributed by atoms with Crippen molar-refractivity contribution in [1.82, 2.24) is 5.09 Å². The van der Waals surface area contributed by atoms with Gasteiger partial charge in [-0.15, -0.1) is 0 Å². The van der Waals surface area contributed by atoms with Gasteiger partial charge in [-0.1, -0.05) is 0 Å². The smallest absolute Gasteiger partial charge is 0.378 e. The third kappa shape index (κ3) is 2.50. The van der Waals surface area contributed by atoms with E-state index in [0.29, 0.717) is 6.61 Å². The van der Waals surface area contributed by atoms with Crippen LogP contribution in [0.25, 0.3) is 0 Å². The summed E-state index contributed by atoms with van der Waals surface area (Å²) < 4.78 is 27.1. The van der Waals surface area contributed by atoms with Gasteiger partial charge in [0.05, 0.1) is 18.8 Å². The summed E-state index contributed by atoms with van der Waals surface area (Å²) in [6.45, 7) is 4.10. The highest BCUT2D eigenvalue weighted by molar-refractivity contribution is 7.50. The van der Waals surface area contributed by atoms with E-state index in [0.717, 1.165) is 0 Å². The van der Waals surface area contributed by atoms with Crippen molar-refractivity contribution in [3.8, 4) is 0 Å². The van der Waals surface area contributed by atoms with Gasteiger partial charge in [-0.3, -0.25) is 4.52 Å². The van der Waals surface area contributed by atoms with Crippen LogP contribution >= 0.6 is 7.75 Å². The minimum atomic E-state index is -3.71. The lowest BCUT2D eigenvalue weighted by Gasteiger charge is -2.18. The van der Waals surface area contributed by atoms with Crippen LogP contribution in [0.2, 0.25) is 0 Å². The predicted octanol–water partition coefficient (Wildman–Crippen LogP) is -0.238. The molecule has 8 heteroatoms. The van der Waals surface area contributed by atoms with Gasteiger partial charge in [0.1, 0.15) is 20.1 Å². The molecule has 0 aromatic carbocycles. The maximum absolute atomic E-state index is 11.3. The zero-order chi connectivity index (χ0) is 11.9. The first-order valence-corrected chi connectivity index (χ1v) is 6.78. The van der Waals surface area contributed by atoms with Gasteiger partial charge < -0.3 is 14.4 Å². The molecule has 6 nitrogen and oxygen atoms in total. The van der Waals surface area contributed by atoms with E-state index < -0.39 is 32.0 Å². The standard InChI is InChI=1S/C8H15BNO5P/c1-4(2)13-3-5-7-6(8(9)14-5)10-16(11,12)15-7/h4-8H,3H2,1-2H3,(H2,10,11,12)/t5-,6+,7?,8-/m1/s1. The number of nitrogens with one attached hydrogen (secondary N) is 1. The average molecular weight is 247 g/mol. The number of fused-ring (bicyclic) bond motifs is 1. The normalized spacial score (nSPS) is 47.5. The molecule has 0 spiro atoms. The zero-order valence-corrected chi connectivity index (χ0v) is 10.1. The fraction of sp³-hybridized carbons (Fsp3) is 1.00. The highest BCUT2D eigenvalue weighted by Crippen LogP contribution is 2.49. The van der Waals surface area contributed by atoms with Crippen molar-refractivity contribution in [2.45, 2.75) is 44.2 Å². The van der Waals surface area contributed by atoms with Crippen molar-refractivity contribution in [3.63, 3.8) is 0 Å². The summed E-state index contributed by atoms with van der Waals surface area (Å²) in [6.07, 6.45) is -0.864. The van der Waals surface area contributed by atoms with Gasteiger partial charge in [-0.05, 0) is 13.8 Å². The lowest BCUT2D eigenvalue weighted by atomic mass is 9.91. The maximum Gasteiger partial charge on any atom is 0.403 e. The van der Waals surface area contributed by atoms with E-state index >= 15 is 0 Å². The molecule has 0 aliphatic carbocycles. The Hall–Kier alpha value is 0.0949. The van der Waals surface area contributed by atoms with Crippen molar-refractivity contribution in [1.29, 1.82) is 0 Å². The number of hydrogen-bond donors (Lipinski definition) is 2. The summed E-state index contributed by atoms with van der Waals surface area (Å²) in [5, 5.41) is 2.44. The average Bonchev–Trinajstić information content (AvgIpc) is 2.59. The fourth-order valence-electron chi connectivity index (χ4n) is 1.87. The van der Waals surface area contributed by atoms with Gasteiger partial charge in [0.2, 0.25) is 0 Å². The molecule has 0 aromatic rings. The molecular formula is C8H15BNO5P. The molecule has 0 saturated carbocycles.